The number of hydrogen-bond acceptors (Lipinski definition) is 8. The molecule has 0 atom stereocenters. The fraction of sp³-hybridized carbons (Fsp3) is 0.432. The van der Waals surface area contributed by atoms with Crippen LogP contribution in [0.5, 0.6) is 0 Å². The second-order valence-electron chi connectivity index (χ2n) is 14.0. The number of aliphatic imine (C=N–C) groups is 1. The number of carbonyl (C=O) groups is 2. The average Bonchev–Trinajstić information content (AvgIpc) is 3.51. The van der Waals surface area contributed by atoms with Crippen LogP contribution in [0.25, 0.3) is 5.70 Å². The molecule has 7 rings (SSSR count). The molecule has 3 aromatic rings. The monoisotopic (exact) mass is 655 g/mol. The highest BCUT2D eigenvalue weighted by molar-refractivity contribution is 7.14. The highest BCUT2D eigenvalue weighted by Gasteiger charge is 2.39. The van der Waals surface area contributed by atoms with E-state index in [4.69, 9.17) is 9.73 Å². The number of carbonyl (C=O) groups excluding carboxylic acids is 2. The summed E-state index contributed by atoms with van der Waals surface area (Å²) in [5.74, 6) is -0.342. The lowest BCUT2D eigenvalue weighted by molar-refractivity contribution is -0.142. The van der Waals surface area contributed by atoms with Crippen LogP contribution in [0, 0.1) is 11.2 Å². The van der Waals surface area contributed by atoms with Gasteiger partial charge in [-0.1, -0.05) is 26.8 Å². The van der Waals surface area contributed by atoms with Crippen molar-refractivity contribution in [3.05, 3.63) is 85.5 Å². The van der Waals surface area contributed by atoms with Crippen molar-refractivity contribution in [1.82, 2.24) is 9.80 Å². The molecule has 2 aromatic carbocycles. The largest absolute Gasteiger partial charge is 0.461 e. The zero-order chi connectivity index (χ0) is 33.0. The molecule has 246 valence electrons. The topological polar surface area (TPSA) is 77.5 Å². The van der Waals surface area contributed by atoms with Crippen molar-refractivity contribution in [2.24, 2.45) is 10.4 Å². The summed E-state index contributed by atoms with van der Waals surface area (Å²) in [6.07, 6.45) is 5.52. The molecule has 0 fully saturated rings. The van der Waals surface area contributed by atoms with Gasteiger partial charge in [0, 0.05) is 61.5 Å². The minimum absolute atomic E-state index is 0.106. The Morgan fingerprint density at radius 3 is 2.70 bits per heavy atom. The smallest absolute Gasteiger partial charge is 0.302 e. The van der Waals surface area contributed by atoms with Crippen LogP contribution in [0.1, 0.15) is 75.6 Å². The molecule has 1 amide bonds. The predicted molar refractivity (Wildman–Crippen MR) is 186 cm³/mol. The number of hydrogen-bond donors (Lipinski definition) is 1. The molecule has 0 bridgehead atoms. The molecule has 0 saturated heterocycles. The van der Waals surface area contributed by atoms with Gasteiger partial charge in [-0.3, -0.25) is 14.5 Å². The van der Waals surface area contributed by atoms with Crippen LogP contribution in [0.4, 0.5) is 15.8 Å². The van der Waals surface area contributed by atoms with Crippen molar-refractivity contribution < 1.29 is 18.7 Å². The van der Waals surface area contributed by atoms with Crippen molar-refractivity contribution >= 4 is 46.1 Å². The number of anilines is 2. The molecule has 0 spiro atoms. The maximum absolute atomic E-state index is 15.6. The molecule has 10 heteroatoms. The van der Waals surface area contributed by atoms with Crippen LogP contribution < -0.4 is 10.2 Å². The van der Waals surface area contributed by atoms with E-state index in [2.05, 4.69) is 49.2 Å². The normalized spacial score (nSPS) is 18.7. The molecular formula is C37H42FN5O3S. The summed E-state index contributed by atoms with van der Waals surface area (Å²) in [5, 5.41) is 3.50. The van der Waals surface area contributed by atoms with Crippen LogP contribution >= 0.6 is 11.3 Å². The summed E-state index contributed by atoms with van der Waals surface area (Å²) in [6, 6.07) is 9.28. The Labute approximate surface area is 279 Å². The van der Waals surface area contributed by atoms with Crippen LogP contribution in [-0.4, -0.2) is 60.7 Å². The van der Waals surface area contributed by atoms with Gasteiger partial charge in [0.25, 0.3) is 5.91 Å². The molecule has 47 heavy (non-hydrogen) atoms. The van der Waals surface area contributed by atoms with E-state index in [0.717, 1.165) is 60.9 Å². The zero-order valence-corrected chi connectivity index (χ0v) is 28.7. The molecule has 1 aromatic heterocycles. The first-order valence-corrected chi connectivity index (χ1v) is 17.3. The van der Waals surface area contributed by atoms with Gasteiger partial charge >= 0.3 is 5.97 Å². The van der Waals surface area contributed by atoms with Crippen molar-refractivity contribution in [1.29, 1.82) is 0 Å². The lowest BCUT2D eigenvalue weighted by atomic mass is 9.89. The molecule has 0 radical (unpaired) electrons. The lowest BCUT2D eigenvalue weighted by Crippen LogP contribution is -2.38. The maximum Gasteiger partial charge on any atom is 0.302 e. The van der Waals surface area contributed by atoms with Gasteiger partial charge < -0.3 is 19.9 Å². The molecule has 4 heterocycles. The number of esters is 1. The van der Waals surface area contributed by atoms with Crippen LogP contribution in [0.2, 0.25) is 0 Å². The first-order chi connectivity index (χ1) is 22.5. The van der Waals surface area contributed by atoms with E-state index in [1.165, 1.54) is 40.6 Å². The molecular weight excluding hydrogens is 614 g/mol. The summed E-state index contributed by atoms with van der Waals surface area (Å²) in [7, 11) is 1.95. The van der Waals surface area contributed by atoms with E-state index in [9.17, 15) is 9.59 Å². The molecule has 4 aliphatic rings. The highest BCUT2D eigenvalue weighted by Crippen LogP contribution is 2.46. The minimum atomic E-state index is -0.481. The molecule has 8 nitrogen and oxygen atoms in total. The SMILES string of the molecule is CCN1CCc2cc(NC3=NC(c4cc(F)cc(N5CCc6c(sc7c6CC(C)(C)C7)C5=O)c4COC(C)=O)=CN(C)C3)ccc2C1. The lowest BCUT2D eigenvalue weighted by Gasteiger charge is -2.31. The number of ether oxygens (including phenoxy) is 1. The Balaban J connectivity index is 1.22. The van der Waals surface area contributed by atoms with Gasteiger partial charge in [0.1, 0.15) is 18.3 Å². The van der Waals surface area contributed by atoms with Gasteiger partial charge in [-0.25, -0.2) is 9.38 Å². The number of nitrogens with zero attached hydrogens (tertiary/aromatic N) is 4. The van der Waals surface area contributed by atoms with Gasteiger partial charge in [-0.2, -0.15) is 0 Å². The Hall–Kier alpha value is -4.02. The number of nitrogens with one attached hydrogen (secondary N) is 1. The number of rotatable bonds is 6. The fourth-order valence-corrected chi connectivity index (χ4v) is 9.00. The number of fused-ring (bicyclic) bond motifs is 4. The van der Waals surface area contributed by atoms with E-state index in [0.29, 0.717) is 42.0 Å². The molecule has 1 aliphatic carbocycles. The van der Waals surface area contributed by atoms with Crippen molar-refractivity contribution in [3.63, 3.8) is 0 Å². The summed E-state index contributed by atoms with van der Waals surface area (Å²) in [5.41, 5.74) is 8.33. The number of halogens is 1. The van der Waals surface area contributed by atoms with Crippen LogP contribution in [0.3, 0.4) is 0 Å². The van der Waals surface area contributed by atoms with Gasteiger partial charge in [0.05, 0.1) is 22.8 Å². The van der Waals surface area contributed by atoms with Crippen molar-refractivity contribution in [3.8, 4) is 0 Å². The molecule has 3 aliphatic heterocycles. The Morgan fingerprint density at radius 2 is 1.91 bits per heavy atom. The van der Waals surface area contributed by atoms with Gasteiger partial charge in [-0.15, -0.1) is 11.3 Å². The third-order valence-electron chi connectivity index (χ3n) is 9.73. The van der Waals surface area contributed by atoms with E-state index in [-0.39, 0.29) is 17.9 Å². The summed E-state index contributed by atoms with van der Waals surface area (Å²) in [6.45, 7) is 12.0. The average molecular weight is 656 g/mol. The summed E-state index contributed by atoms with van der Waals surface area (Å²) < 4.78 is 21.1. The summed E-state index contributed by atoms with van der Waals surface area (Å²) >= 11 is 1.58. The zero-order valence-electron chi connectivity index (χ0n) is 27.8. The number of amides is 1. The Morgan fingerprint density at radius 1 is 1.09 bits per heavy atom. The van der Waals surface area contributed by atoms with E-state index in [1.54, 1.807) is 16.2 Å². The quantitative estimate of drug-likeness (QED) is 0.310. The van der Waals surface area contributed by atoms with E-state index >= 15 is 4.39 Å². The van der Waals surface area contributed by atoms with Gasteiger partial charge in [0.15, 0.2) is 0 Å². The van der Waals surface area contributed by atoms with E-state index < -0.39 is 11.8 Å². The predicted octanol–water partition coefficient (Wildman–Crippen LogP) is 6.41. The van der Waals surface area contributed by atoms with Gasteiger partial charge in [0.2, 0.25) is 0 Å². The summed E-state index contributed by atoms with van der Waals surface area (Å²) in [4.78, 5) is 39.2. The first kappa shape index (κ1) is 31.6. The fourth-order valence-electron chi connectivity index (χ4n) is 7.43. The Bertz CT molecular complexity index is 1840. The highest BCUT2D eigenvalue weighted by atomic mass is 32.1. The second kappa shape index (κ2) is 12.2. The number of likely N-dealkylation sites (N-methyl/N-ethyl adjacent to an activating group) is 2. The van der Waals surface area contributed by atoms with Gasteiger partial charge in [-0.05, 0) is 84.2 Å². The number of benzene rings is 2. The Kier molecular flexibility index (Phi) is 8.20. The van der Waals surface area contributed by atoms with Crippen LogP contribution in [-0.2, 0) is 48.4 Å². The van der Waals surface area contributed by atoms with E-state index in [1.807, 2.05) is 18.1 Å². The molecule has 1 N–H and O–H groups in total. The second-order valence-corrected chi connectivity index (χ2v) is 15.1. The maximum atomic E-state index is 15.6. The van der Waals surface area contributed by atoms with Crippen molar-refractivity contribution in [2.45, 2.75) is 66.5 Å². The van der Waals surface area contributed by atoms with Crippen LogP contribution in [0.15, 0.2) is 41.5 Å². The molecule has 0 unspecified atom stereocenters. The third kappa shape index (κ3) is 6.21. The van der Waals surface area contributed by atoms with Crippen molar-refractivity contribution in [2.75, 3.05) is 43.4 Å². The number of amidine groups is 1. The molecule has 0 saturated carbocycles. The number of thiophene rings is 1. The standard InChI is InChI=1S/C37H42FN5O3S/c1-6-42-11-9-23-13-26(8-7-24(23)18-42)39-34-20-41(5)19-31(40-34)28-14-25(38)15-32(30(28)21-46-22(2)44)43-12-10-27-29-16-37(3,4)17-33(29)47-35(27)36(43)45/h7-8,13-15,19H,6,9-12,16-18,20-21H2,1-5H3,(H,39,40). The third-order valence-corrected chi connectivity index (χ3v) is 11.0. The minimum Gasteiger partial charge on any atom is -0.461 e. The first-order valence-electron chi connectivity index (χ1n) is 16.5.